The van der Waals surface area contributed by atoms with Crippen LogP contribution in [0.3, 0.4) is 0 Å². The van der Waals surface area contributed by atoms with Crippen molar-refractivity contribution in [2.45, 2.75) is 25.3 Å². The standard InChI is InChI=1S/C16H15BrN2O4/c17-12-6-4-11(5-7-12)15(10-2-1-3-10)18-16(20)13-8-9-14(23-13)19(21)22/h4-10,15H,1-3H2,(H,18,20). The predicted molar refractivity (Wildman–Crippen MR) is 87.1 cm³/mol. The number of nitrogens with one attached hydrogen (secondary N) is 1. The van der Waals surface area contributed by atoms with Crippen LogP contribution in [0.5, 0.6) is 0 Å². The van der Waals surface area contributed by atoms with E-state index in [0.29, 0.717) is 5.92 Å². The number of rotatable bonds is 5. The number of carbonyl (C=O) groups excluding carboxylic acids is 1. The van der Waals surface area contributed by atoms with Crippen molar-refractivity contribution in [3.8, 4) is 0 Å². The van der Waals surface area contributed by atoms with Crippen molar-refractivity contribution in [2.75, 3.05) is 0 Å². The Balaban J connectivity index is 1.78. The summed E-state index contributed by atoms with van der Waals surface area (Å²) in [6.07, 6.45) is 3.26. The minimum atomic E-state index is -0.658. The van der Waals surface area contributed by atoms with Gasteiger partial charge in [-0.2, -0.15) is 0 Å². The van der Waals surface area contributed by atoms with E-state index in [2.05, 4.69) is 21.2 Å². The molecule has 1 aromatic carbocycles. The SMILES string of the molecule is O=C(NC(c1ccc(Br)cc1)C1CCC1)c1ccc([N+](=O)[O-])o1. The number of nitrogens with zero attached hydrogens (tertiary/aromatic N) is 1. The quantitative estimate of drug-likeness (QED) is 0.623. The van der Waals surface area contributed by atoms with Gasteiger partial charge in [-0.1, -0.05) is 34.5 Å². The first-order valence-electron chi connectivity index (χ1n) is 7.35. The molecule has 23 heavy (non-hydrogen) atoms. The van der Waals surface area contributed by atoms with Crippen LogP contribution in [0, 0.1) is 16.0 Å². The van der Waals surface area contributed by atoms with Crippen molar-refractivity contribution in [1.82, 2.24) is 5.32 Å². The molecule has 1 heterocycles. The van der Waals surface area contributed by atoms with E-state index in [1.54, 1.807) is 0 Å². The van der Waals surface area contributed by atoms with E-state index in [1.165, 1.54) is 12.1 Å². The average molecular weight is 379 g/mol. The number of amides is 1. The van der Waals surface area contributed by atoms with Crippen molar-refractivity contribution < 1.29 is 14.1 Å². The fraction of sp³-hybridized carbons (Fsp3) is 0.312. The maximum Gasteiger partial charge on any atom is 0.433 e. The van der Waals surface area contributed by atoms with Gasteiger partial charge in [-0.05, 0) is 42.5 Å². The summed E-state index contributed by atoms with van der Waals surface area (Å²) in [7, 11) is 0. The number of nitro groups is 1. The lowest BCUT2D eigenvalue weighted by Gasteiger charge is -2.34. The molecule has 0 bridgehead atoms. The van der Waals surface area contributed by atoms with Crippen LogP contribution in [0.4, 0.5) is 5.88 Å². The third-order valence-corrected chi connectivity index (χ3v) is 4.66. The van der Waals surface area contributed by atoms with Crippen molar-refractivity contribution in [2.24, 2.45) is 5.92 Å². The summed E-state index contributed by atoms with van der Waals surface area (Å²) in [5.41, 5.74) is 1.02. The molecule has 0 aliphatic heterocycles. The summed E-state index contributed by atoms with van der Waals surface area (Å²) in [4.78, 5) is 22.3. The first kappa shape index (κ1) is 15.7. The zero-order chi connectivity index (χ0) is 16.4. The second kappa shape index (κ2) is 6.54. The van der Waals surface area contributed by atoms with Gasteiger partial charge in [0.2, 0.25) is 0 Å². The fourth-order valence-corrected chi connectivity index (χ4v) is 2.94. The lowest BCUT2D eigenvalue weighted by atomic mass is 9.77. The highest BCUT2D eigenvalue weighted by molar-refractivity contribution is 9.10. The zero-order valence-electron chi connectivity index (χ0n) is 12.2. The Bertz CT molecular complexity index is 722. The van der Waals surface area contributed by atoms with Gasteiger partial charge in [0.05, 0.1) is 12.1 Å². The maximum atomic E-state index is 12.3. The van der Waals surface area contributed by atoms with E-state index in [0.717, 1.165) is 29.3 Å². The Morgan fingerprint density at radius 2 is 1.96 bits per heavy atom. The molecule has 1 saturated carbocycles. The van der Waals surface area contributed by atoms with Gasteiger partial charge < -0.3 is 9.73 Å². The molecule has 1 aliphatic rings. The average Bonchev–Trinajstić information content (AvgIpc) is 2.95. The molecule has 1 fully saturated rings. The topological polar surface area (TPSA) is 85.4 Å². The second-order valence-corrected chi connectivity index (χ2v) is 6.50. The van der Waals surface area contributed by atoms with Crippen LogP contribution >= 0.6 is 15.9 Å². The molecule has 1 aromatic heterocycles. The van der Waals surface area contributed by atoms with Gasteiger partial charge in [-0.3, -0.25) is 14.9 Å². The van der Waals surface area contributed by atoms with Gasteiger partial charge in [0.25, 0.3) is 5.91 Å². The van der Waals surface area contributed by atoms with Crippen LogP contribution in [-0.4, -0.2) is 10.8 Å². The third-order valence-electron chi connectivity index (χ3n) is 4.13. The van der Waals surface area contributed by atoms with Crippen molar-refractivity contribution in [3.05, 3.63) is 62.3 Å². The summed E-state index contributed by atoms with van der Waals surface area (Å²) in [5.74, 6) is -0.528. The molecule has 1 unspecified atom stereocenters. The summed E-state index contributed by atoms with van der Waals surface area (Å²) in [5, 5.41) is 13.6. The summed E-state index contributed by atoms with van der Waals surface area (Å²) < 4.78 is 5.95. The van der Waals surface area contributed by atoms with Crippen LogP contribution in [-0.2, 0) is 0 Å². The maximum absolute atomic E-state index is 12.3. The molecule has 6 nitrogen and oxygen atoms in total. The molecule has 0 radical (unpaired) electrons. The number of benzene rings is 1. The summed E-state index contributed by atoms with van der Waals surface area (Å²) >= 11 is 3.40. The van der Waals surface area contributed by atoms with Crippen molar-refractivity contribution >= 4 is 27.7 Å². The van der Waals surface area contributed by atoms with E-state index >= 15 is 0 Å². The van der Waals surface area contributed by atoms with E-state index in [9.17, 15) is 14.9 Å². The molecular formula is C16H15BrN2O4. The molecule has 0 spiro atoms. The molecule has 1 amide bonds. The number of carbonyl (C=O) groups is 1. The van der Waals surface area contributed by atoms with E-state index < -0.39 is 16.7 Å². The Morgan fingerprint density at radius 3 is 2.48 bits per heavy atom. The van der Waals surface area contributed by atoms with Crippen LogP contribution in [0.2, 0.25) is 0 Å². The smallest absolute Gasteiger partial charge is 0.395 e. The third kappa shape index (κ3) is 3.44. The highest BCUT2D eigenvalue weighted by Gasteiger charge is 2.31. The lowest BCUT2D eigenvalue weighted by molar-refractivity contribution is -0.402. The van der Waals surface area contributed by atoms with E-state index in [1.807, 2.05) is 24.3 Å². The molecule has 1 atom stereocenters. The Labute approximate surface area is 141 Å². The van der Waals surface area contributed by atoms with Gasteiger partial charge in [-0.15, -0.1) is 0 Å². The second-order valence-electron chi connectivity index (χ2n) is 5.59. The highest BCUT2D eigenvalue weighted by atomic mass is 79.9. The number of furan rings is 1. The highest BCUT2D eigenvalue weighted by Crippen LogP contribution is 2.38. The number of hydrogen-bond acceptors (Lipinski definition) is 4. The summed E-state index contributed by atoms with van der Waals surface area (Å²) in [6.45, 7) is 0. The lowest BCUT2D eigenvalue weighted by Crippen LogP contribution is -2.36. The molecule has 1 aliphatic carbocycles. The number of halogens is 1. The van der Waals surface area contributed by atoms with Crippen LogP contribution in [0.15, 0.2) is 45.3 Å². The molecule has 2 aromatic rings. The van der Waals surface area contributed by atoms with E-state index in [4.69, 9.17) is 4.42 Å². The van der Waals surface area contributed by atoms with Crippen molar-refractivity contribution in [3.63, 3.8) is 0 Å². The summed E-state index contributed by atoms with van der Waals surface area (Å²) in [6, 6.07) is 10.2. The molecule has 7 heteroatoms. The normalized spacial score (nSPS) is 15.7. The van der Waals surface area contributed by atoms with Gasteiger partial charge >= 0.3 is 5.88 Å². The van der Waals surface area contributed by atoms with Gasteiger partial charge in [0, 0.05) is 4.47 Å². The van der Waals surface area contributed by atoms with Gasteiger partial charge in [0.1, 0.15) is 4.92 Å². The molecule has 3 rings (SSSR count). The monoisotopic (exact) mass is 378 g/mol. The predicted octanol–water partition coefficient (Wildman–Crippen LogP) is 4.22. The fourth-order valence-electron chi connectivity index (χ4n) is 2.68. The largest absolute Gasteiger partial charge is 0.433 e. The molecular weight excluding hydrogens is 364 g/mol. The molecule has 0 saturated heterocycles. The zero-order valence-corrected chi connectivity index (χ0v) is 13.8. The Kier molecular flexibility index (Phi) is 4.47. The molecule has 120 valence electrons. The first-order chi connectivity index (χ1) is 11.0. The van der Waals surface area contributed by atoms with Crippen LogP contribution < -0.4 is 5.32 Å². The van der Waals surface area contributed by atoms with E-state index in [-0.39, 0.29) is 11.8 Å². The van der Waals surface area contributed by atoms with Gasteiger partial charge in [-0.25, -0.2) is 0 Å². The first-order valence-corrected chi connectivity index (χ1v) is 8.14. The van der Waals surface area contributed by atoms with Gasteiger partial charge in [0.15, 0.2) is 5.76 Å². The Hall–Kier alpha value is -2.15. The minimum Gasteiger partial charge on any atom is -0.395 e. The minimum absolute atomic E-state index is 0.0434. The molecule has 1 N–H and O–H groups in total. The van der Waals surface area contributed by atoms with Crippen molar-refractivity contribution in [1.29, 1.82) is 0 Å². The number of hydrogen-bond donors (Lipinski definition) is 1. The Morgan fingerprint density at radius 1 is 1.26 bits per heavy atom. The van der Waals surface area contributed by atoms with Crippen LogP contribution in [0.1, 0.15) is 41.4 Å². The van der Waals surface area contributed by atoms with Crippen LogP contribution in [0.25, 0.3) is 0 Å².